The molecule has 2 unspecified atom stereocenters. The molecular formula is C14H19NO4S. The summed E-state index contributed by atoms with van der Waals surface area (Å²) in [6, 6.07) is 4.96. The second kappa shape index (κ2) is 5.54. The first-order valence-electron chi connectivity index (χ1n) is 6.27. The van der Waals surface area contributed by atoms with Gasteiger partial charge in [-0.3, -0.25) is 10.1 Å². The first-order chi connectivity index (χ1) is 9.39. The molecule has 1 aromatic carbocycles. The van der Waals surface area contributed by atoms with Gasteiger partial charge in [-0.15, -0.1) is 11.8 Å². The number of hydrogen-bond acceptors (Lipinski definition) is 5. The van der Waals surface area contributed by atoms with Crippen molar-refractivity contribution in [2.45, 2.75) is 30.0 Å². The first-order valence-corrected chi connectivity index (χ1v) is 7.15. The zero-order chi connectivity index (χ0) is 14.9. The third kappa shape index (κ3) is 2.71. The summed E-state index contributed by atoms with van der Waals surface area (Å²) in [6.45, 7) is 3.86. The fourth-order valence-corrected chi connectivity index (χ4v) is 3.75. The van der Waals surface area contributed by atoms with Crippen LogP contribution >= 0.6 is 11.8 Å². The Morgan fingerprint density at radius 3 is 2.55 bits per heavy atom. The van der Waals surface area contributed by atoms with Gasteiger partial charge in [0.1, 0.15) is 17.5 Å². The minimum Gasteiger partial charge on any atom is -0.497 e. The van der Waals surface area contributed by atoms with Crippen LogP contribution in [0.2, 0.25) is 0 Å². The van der Waals surface area contributed by atoms with Gasteiger partial charge in [-0.2, -0.15) is 0 Å². The second-order valence-electron chi connectivity index (χ2n) is 5.15. The maximum absolute atomic E-state index is 11.3. The molecule has 0 amide bonds. The smallest absolute Gasteiger partial charge is 0.322 e. The van der Waals surface area contributed by atoms with E-state index in [4.69, 9.17) is 9.47 Å². The van der Waals surface area contributed by atoms with E-state index in [0.29, 0.717) is 11.5 Å². The van der Waals surface area contributed by atoms with E-state index in [1.54, 1.807) is 32.0 Å². The van der Waals surface area contributed by atoms with Crippen LogP contribution in [0, 0.1) is 0 Å². The summed E-state index contributed by atoms with van der Waals surface area (Å²) in [5.74, 6) is 0.566. The van der Waals surface area contributed by atoms with Gasteiger partial charge >= 0.3 is 5.97 Å². The number of benzene rings is 1. The number of ether oxygens (including phenoxy) is 2. The highest BCUT2D eigenvalue weighted by molar-refractivity contribution is 8.01. The third-order valence-corrected chi connectivity index (χ3v) is 4.87. The number of nitrogens with one attached hydrogen (secondary N) is 1. The highest BCUT2D eigenvalue weighted by Gasteiger charge is 2.46. The molecule has 2 rings (SSSR count). The predicted octanol–water partition coefficient (Wildman–Crippen LogP) is 2.27. The highest BCUT2D eigenvalue weighted by Crippen LogP contribution is 2.48. The third-order valence-electron chi connectivity index (χ3n) is 3.40. The van der Waals surface area contributed by atoms with Crippen LogP contribution in [0.1, 0.15) is 24.8 Å². The number of carboxylic acids is 1. The summed E-state index contributed by atoms with van der Waals surface area (Å²) < 4.78 is 10.2. The van der Waals surface area contributed by atoms with Crippen molar-refractivity contribution in [1.29, 1.82) is 0 Å². The van der Waals surface area contributed by atoms with Crippen molar-refractivity contribution in [2.75, 3.05) is 14.2 Å². The first kappa shape index (κ1) is 15.0. The van der Waals surface area contributed by atoms with Crippen molar-refractivity contribution in [3.05, 3.63) is 23.8 Å². The van der Waals surface area contributed by atoms with Crippen LogP contribution in [0.25, 0.3) is 0 Å². The zero-order valence-electron chi connectivity index (χ0n) is 12.0. The quantitative estimate of drug-likeness (QED) is 0.888. The molecule has 1 saturated heterocycles. The number of hydrogen-bond donors (Lipinski definition) is 2. The Bertz CT molecular complexity index is 518. The lowest BCUT2D eigenvalue weighted by Crippen LogP contribution is -2.43. The lowest BCUT2D eigenvalue weighted by atomic mass is 10.0. The zero-order valence-corrected chi connectivity index (χ0v) is 12.8. The molecule has 1 aliphatic heterocycles. The van der Waals surface area contributed by atoms with Gasteiger partial charge in [0.05, 0.1) is 19.6 Å². The molecular weight excluding hydrogens is 278 g/mol. The minimum absolute atomic E-state index is 0.119. The molecule has 2 N–H and O–H groups in total. The molecule has 0 radical (unpaired) electrons. The monoisotopic (exact) mass is 297 g/mol. The van der Waals surface area contributed by atoms with E-state index in [9.17, 15) is 9.90 Å². The number of methoxy groups -OCH3 is 2. The summed E-state index contributed by atoms with van der Waals surface area (Å²) in [6.07, 6.45) is 0. The normalized spacial score (nSPS) is 24.4. The summed E-state index contributed by atoms with van der Waals surface area (Å²) >= 11 is 1.59. The Morgan fingerprint density at radius 1 is 1.35 bits per heavy atom. The number of carboxylic acid groups (broad SMARTS) is 1. The fraction of sp³-hybridized carbons (Fsp3) is 0.500. The van der Waals surface area contributed by atoms with E-state index in [-0.39, 0.29) is 10.1 Å². The van der Waals surface area contributed by atoms with Crippen molar-refractivity contribution in [2.24, 2.45) is 0 Å². The number of aliphatic carboxylic acids is 1. The maximum atomic E-state index is 11.3. The van der Waals surface area contributed by atoms with E-state index in [1.165, 1.54) is 0 Å². The standard InChI is InChI=1S/C14H19NO4S/c1-14(2)11(13(16)17)15-12(20-14)9-6-5-8(18-3)7-10(9)19-4/h5-7,11-12,15H,1-4H3,(H,16,17). The Balaban J connectivity index is 2.32. The number of rotatable bonds is 4. The van der Waals surface area contributed by atoms with Gasteiger partial charge in [-0.1, -0.05) is 0 Å². The molecule has 1 heterocycles. The highest BCUT2D eigenvalue weighted by atomic mass is 32.2. The van der Waals surface area contributed by atoms with Crippen LogP contribution < -0.4 is 14.8 Å². The Kier molecular flexibility index (Phi) is 4.15. The van der Waals surface area contributed by atoms with E-state index in [0.717, 1.165) is 5.56 Å². The van der Waals surface area contributed by atoms with Crippen LogP contribution in [0.5, 0.6) is 11.5 Å². The van der Waals surface area contributed by atoms with E-state index in [2.05, 4.69) is 5.32 Å². The summed E-state index contributed by atoms with van der Waals surface area (Å²) in [4.78, 5) is 11.3. The van der Waals surface area contributed by atoms with Gasteiger partial charge in [0.2, 0.25) is 0 Å². The van der Waals surface area contributed by atoms with E-state index >= 15 is 0 Å². The molecule has 0 aliphatic carbocycles. The number of thioether (sulfide) groups is 1. The Labute approximate surface area is 122 Å². The van der Waals surface area contributed by atoms with Crippen LogP contribution in [-0.2, 0) is 4.79 Å². The summed E-state index contributed by atoms with van der Waals surface area (Å²) in [5.41, 5.74) is 0.926. The van der Waals surface area contributed by atoms with Gasteiger partial charge in [-0.25, -0.2) is 0 Å². The maximum Gasteiger partial charge on any atom is 0.322 e. The molecule has 1 aromatic rings. The van der Waals surface area contributed by atoms with Crippen molar-refractivity contribution in [3.63, 3.8) is 0 Å². The van der Waals surface area contributed by atoms with Gasteiger partial charge in [0.25, 0.3) is 0 Å². The van der Waals surface area contributed by atoms with Crippen molar-refractivity contribution >= 4 is 17.7 Å². The molecule has 1 fully saturated rings. The predicted molar refractivity (Wildman–Crippen MR) is 78.5 cm³/mol. The second-order valence-corrected chi connectivity index (χ2v) is 6.91. The van der Waals surface area contributed by atoms with E-state index in [1.807, 2.05) is 26.0 Å². The van der Waals surface area contributed by atoms with E-state index < -0.39 is 12.0 Å². The molecule has 110 valence electrons. The molecule has 0 saturated carbocycles. The molecule has 0 spiro atoms. The average molecular weight is 297 g/mol. The van der Waals surface area contributed by atoms with Crippen LogP contribution in [0.3, 0.4) is 0 Å². The van der Waals surface area contributed by atoms with Crippen molar-refractivity contribution in [3.8, 4) is 11.5 Å². The largest absolute Gasteiger partial charge is 0.497 e. The Morgan fingerprint density at radius 2 is 2.05 bits per heavy atom. The van der Waals surface area contributed by atoms with Crippen molar-refractivity contribution < 1.29 is 19.4 Å². The van der Waals surface area contributed by atoms with Gasteiger partial charge in [0, 0.05) is 16.4 Å². The van der Waals surface area contributed by atoms with Gasteiger partial charge in [0.15, 0.2) is 0 Å². The van der Waals surface area contributed by atoms with Crippen LogP contribution in [-0.4, -0.2) is 36.1 Å². The lowest BCUT2D eigenvalue weighted by molar-refractivity contribution is -0.139. The molecule has 5 nitrogen and oxygen atoms in total. The topological polar surface area (TPSA) is 67.8 Å². The summed E-state index contributed by atoms with van der Waals surface area (Å²) in [7, 11) is 3.19. The minimum atomic E-state index is -0.836. The van der Waals surface area contributed by atoms with Gasteiger partial charge in [-0.05, 0) is 26.0 Å². The summed E-state index contributed by atoms with van der Waals surface area (Å²) in [5, 5.41) is 12.3. The Hall–Kier alpha value is -1.40. The average Bonchev–Trinajstić information content (AvgIpc) is 2.73. The molecule has 0 bridgehead atoms. The fourth-order valence-electron chi connectivity index (χ4n) is 2.31. The lowest BCUT2D eigenvalue weighted by Gasteiger charge is -2.20. The molecule has 0 aromatic heterocycles. The van der Waals surface area contributed by atoms with Crippen molar-refractivity contribution in [1.82, 2.24) is 5.32 Å². The van der Waals surface area contributed by atoms with Crippen LogP contribution in [0.15, 0.2) is 18.2 Å². The number of carbonyl (C=O) groups is 1. The van der Waals surface area contributed by atoms with Crippen LogP contribution in [0.4, 0.5) is 0 Å². The molecule has 2 atom stereocenters. The molecule has 6 heteroatoms. The molecule has 20 heavy (non-hydrogen) atoms. The SMILES string of the molecule is COc1ccc(C2NC(C(=O)O)C(C)(C)S2)c(OC)c1. The van der Waals surface area contributed by atoms with Gasteiger partial charge < -0.3 is 14.6 Å². The molecule has 1 aliphatic rings.